The zero-order valence-electron chi connectivity index (χ0n) is 9.60. The van der Waals surface area contributed by atoms with Crippen LogP contribution in [0.25, 0.3) is 0 Å². The Balaban J connectivity index is 2.05. The van der Waals surface area contributed by atoms with Crippen molar-refractivity contribution in [1.29, 1.82) is 0 Å². The summed E-state index contributed by atoms with van der Waals surface area (Å²) in [5.41, 5.74) is 0.708. The van der Waals surface area contributed by atoms with Gasteiger partial charge >= 0.3 is 12.0 Å². The molecule has 2 rings (SSSR count). The molecule has 5 nitrogen and oxygen atoms in total. The fourth-order valence-corrected chi connectivity index (χ4v) is 2.17. The van der Waals surface area contributed by atoms with Crippen LogP contribution in [0.3, 0.4) is 0 Å². The molecule has 2 N–H and O–H groups in total. The van der Waals surface area contributed by atoms with E-state index in [1.165, 1.54) is 4.90 Å². The molecular weight excluding hydrogens is 347 g/mol. The summed E-state index contributed by atoms with van der Waals surface area (Å²) in [6.07, 6.45) is 1.76. The monoisotopic (exact) mass is 360 g/mol. The van der Waals surface area contributed by atoms with Crippen molar-refractivity contribution in [2.75, 3.05) is 11.9 Å². The van der Waals surface area contributed by atoms with E-state index in [1.807, 2.05) is 18.2 Å². The molecule has 96 valence electrons. The van der Waals surface area contributed by atoms with Gasteiger partial charge in [0, 0.05) is 9.61 Å². The number of aliphatic carboxylic acids is 1. The first kappa shape index (κ1) is 13.1. The predicted octanol–water partition coefficient (Wildman–Crippen LogP) is 2.37. The van der Waals surface area contributed by atoms with Gasteiger partial charge in [0.15, 0.2) is 0 Å². The van der Waals surface area contributed by atoms with E-state index in [0.29, 0.717) is 5.69 Å². The highest BCUT2D eigenvalue weighted by Gasteiger charge is 2.34. The molecule has 1 saturated carbocycles. The molecule has 0 radical (unpaired) electrons. The number of rotatable bonds is 4. The predicted molar refractivity (Wildman–Crippen MR) is 75.5 cm³/mol. The van der Waals surface area contributed by atoms with Crippen LogP contribution < -0.4 is 5.32 Å². The zero-order chi connectivity index (χ0) is 13.1. The van der Waals surface area contributed by atoms with Crippen molar-refractivity contribution >= 4 is 40.3 Å². The smallest absolute Gasteiger partial charge is 0.323 e. The van der Waals surface area contributed by atoms with E-state index in [1.54, 1.807) is 6.07 Å². The van der Waals surface area contributed by atoms with Crippen LogP contribution in [-0.4, -0.2) is 34.6 Å². The molecule has 0 atom stereocenters. The first-order chi connectivity index (χ1) is 8.58. The lowest BCUT2D eigenvalue weighted by Gasteiger charge is -2.21. The van der Waals surface area contributed by atoms with Gasteiger partial charge in [-0.05, 0) is 47.6 Å². The number of carboxylic acids is 1. The van der Waals surface area contributed by atoms with Gasteiger partial charge in [-0.2, -0.15) is 0 Å². The minimum atomic E-state index is -0.986. The molecular formula is C12H13IN2O3. The van der Waals surface area contributed by atoms with E-state index in [2.05, 4.69) is 27.9 Å². The molecule has 1 aromatic carbocycles. The molecule has 0 aliphatic heterocycles. The number of benzene rings is 1. The van der Waals surface area contributed by atoms with Crippen molar-refractivity contribution in [3.05, 3.63) is 27.8 Å². The van der Waals surface area contributed by atoms with Crippen LogP contribution >= 0.6 is 22.6 Å². The van der Waals surface area contributed by atoms with E-state index in [0.717, 1.165) is 16.4 Å². The molecule has 0 spiro atoms. The van der Waals surface area contributed by atoms with Gasteiger partial charge < -0.3 is 15.3 Å². The zero-order valence-corrected chi connectivity index (χ0v) is 11.8. The minimum absolute atomic E-state index is 0.0717. The third-order valence-electron chi connectivity index (χ3n) is 2.67. The van der Waals surface area contributed by atoms with Crippen LogP contribution in [0.1, 0.15) is 12.8 Å². The van der Waals surface area contributed by atoms with Gasteiger partial charge in [-0.1, -0.05) is 12.1 Å². The number of nitrogens with zero attached hydrogens (tertiary/aromatic N) is 1. The quantitative estimate of drug-likeness (QED) is 0.810. The van der Waals surface area contributed by atoms with Gasteiger partial charge in [0.25, 0.3) is 0 Å². The number of nitrogens with one attached hydrogen (secondary N) is 1. The molecule has 0 saturated heterocycles. The molecule has 6 heteroatoms. The Hall–Kier alpha value is -1.31. The summed E-state index contributed by atoms with van der Waals surface area (Å²) in [4.78, 5) is 24.2. The number of para-hydroxylation sites is 1. The van der Waals surface area contributed by atoms with Crippen LogP contribution in [0.2, 0.25) is 0 Å². The number of hydrogen-bond acceptors (Lipinski definition) is 2. The number of hydrogen-bond donors (Lipinski definition) is 2. The maximum atomic E-state index is 12.0. The summed E-state index contributed by atoms with van der Waals surface area (Å²) in [7, 11) is 0. The van der Waals surface area contributed by atoms with Gasteiger partial charge in [0.2, 0.25) is 0 Å². The van der Waals surface area contributed by atoms with Crippen molar-refractivity contribution in [2.24, 2.45) is 0 Å². The van der Waals surface area contributed by atoms with Crippen molar-refractivity contribution in [3.63, 3.8) is 0 Å². The van der Waals surface area contributed by atoms with Crippen LogP contribution in [0.4, 0.5) is 10.5 Å². The maximum absolute atomic E-state index is 12.0. The fourth-order valence-electron chi connectivity index (χ4n) is 1.65. The van der Waals surface area contributed by atoms with Crippen molar-refractivity contribution in [1.82, 2.24) is 4.90 Å². The van der Waals surface area contributed by atoms with Gasteiger partial charge in [0.05, 0.1) is 5.69 Å². The van der Waals surface area contributed by atoms with Crippen molar-refractivity contribution in [2.45, 2.75) is 18.9 Å². The van der Waals surface area contributed by atoms with E-state index in [9.17, 15) is 9.59 Å². The molecule has 0 heterocycles. The topological polar surface area (TPSA) is 69.6 Å². The maximum Gasteiger partial charge on any atom is 0.323 e. The van der Waals surface area contributed by atoms with E-state index >= 15 is 0 Å². The van der Waals surface area contributed by atoms with Gasteiger partial charge in [-0.25, -0.2) is 4.79 Å². The molecule has 2 amide bonds. The summed E-state index contributed by atoms with van der Waals surface area (Å²) in [5, 5.41) is 11.6. The average Bonchev–Trinajstić information content (AvgIpc) is 3.12. The second kappa shape index (κ2) is 5.55. The number of halogens is 1. The normalized spacial score (nSPS) is 14.1. The molecule has 18 heavy (non-hydrogen) atoms. The number of carbonyl (C=O) groups excluding carboxylic acids is 1. The summed E-state index contributed by atoms with van der Waals surface area (Å²) in [6.45, 7) is -0.250. The third kappa shape index (κ3) is 3.34. The molecule has 0 aromatic heterocycles. The minimum Gasteiger partial charge on any atom is -0.480 e. The van der Waals surface area contributed by atoms with Crippen molar-refractivity contribution in [3.8, 4) is 0 Å². The Morgan fingerprint density at radius 3 is 2.61 bits per heavy atom. The van der Waals surface area contributed by atoms with Crippen LogP contribution in [-0.2, 0) is 4.79 Å². The van der Waals surface area contributed by atoms with Gasteiger partial charge in [-0.15, -0.1) is 0 Å². The lowest BCUT2D eigenvalue weighted by Crippen LogP contribution is -2.40. The molecule has 0 bridgehead atoms. The highest BCUT2D eigenvalue weighted by atomic mass is 127. The summed E-state index contributed by atoms with van der Waals surface area (Å²) < 4.78 is 0.925. The Bertz CT molecular complexity index is 474. The Kier molecular flexibility index (Phi) is 4.05. The average molecular weight is 360 g/mol. The highest BCUT2D eigenvalue weighted by Crippen LogP contribution is 2.27. The number of anilines is 1. The lowest BCUT2D eigenvalue weighted by atomic mass is 10.3. The summed E-state index contributed by atoms with van der Waals surface area (Å²) >= 11 is 2.13. The molecule has 0 unspecified atom stereocenters. The van der Waals surface area contributed by atoms with E-state index in [4.69, 9.17) is 5.11 Å². The standard InChI is InChI=1S/C12H13IN2O3/c13-9-3-1-2-4-10(9)14-12(18)15(7-11(16)17)8-5-6-8/h1-4,8H,5-7H2,(H,14,18)(H,16,17). The summed E-state index contributed by atoms with van der Waals surface area (Å²) in [5.74, 6) is -0.986. The Labute approximate surface area is 118 Å². The summed E-state index contributed by atoms with van der Waals surface area (Å²) in [6, 6.07) is 7.12. The number of carbonyl (C=O) groups is 2. The third-order valence-corrected chi connectivity index (χ3v) is 3.61. The lowest BCUT2D eigenvalue weighted by molar-refractivity contribution is -0.137. The first-order valence-corrected chi connectivity index (χ1v) is 6.70. The Morgan fingerprint density at radius 2 is 2.06 bits per heavy atom. The van der Waals surface area contributed by atoms with E-state index in [-0.39, 0.29) is 18.6 Å². The Morgan fingerprint density at radius 1 is 1.39 bits per heavy atom. The number of urea groups is 1. The van der Waals surface area contributed by atoms with Crippen molar-refractivity contribution < 1.29 is 14.7 Å². The van der Waals surface area contributed by atoms with Crippen LogP contribution in [0.15, 0.2) is 24.3 Å². The highest BCUT2D eigenvalue weighted by molar-refractivity contribution is 14.1. The first-order valence-electron chi connectivity index (χ1n) is 5.62. The second-order valence-electron chi connectivity index (χ2n) is 4.16. The largest absolute Gasteiger partial charge is 0.480 e. The van der Waals surface area contributed by atoms with Crippen LogP contribution in [0.5, 0.6) is 0 Å². The SMILES string of the molecule is O=C(O)CN(C(=O)Nc1ccccc1I)C1CC1. The number of amides is 2. The second-order valence-corrected chi connectivity index (χ2v) is 5.33. The van der Waals surface area contributed by atoms with Crippen LogP contribution in [0, 0.1) is 3.57 Å². The fraction of sp³-hybridized carbons (Fsp3) is 0.333. The molecule has 1 aliphatic rings. The van der Waals surface area contributed by atoms with Gasteiger partial charge in [-0.3, -0.25) is 4.79 Å². The number of carboxylic acid groups (broad SMARTS) is 1. The van der Waals surface area contributed by atoms with E-state index < -0.39 is 5.97 Å². The molecule has 1 fully saturated rings. The van der Waals surface area contributed by atoms with Gasteiger partial charge in [0.1, 0.15) is 6.54 Å². The molecule has 1 aliphatic carbocycles. The molecule has 1 aromatic rings.